The summed E-state index contributed by atoms with van der Waals surface area (Å²) in [6, 6.07) is 13.3. The highest BCUT2D eigenvalue weighted by Gasteiger charge is 2.30. The quantitative estimate of drug-likeness (QED) is 0.253. The predicted octanol–water partition coefficient (Wildman–Crippen LogP) is 5.81. The molecule has 4 rings (SSSR count). The van der Waals surface area contributed by atoms with Gasteiger partial charge in [0.15, 0.2) is 11.5 Å². The van der Waals surface area contributed by atoms with Gasteiger partial charge in [-0.05, 0) is 36.4 Å². The second-order valence-corrected chi connectivity index (χ2v) is 8.25. The van der Waals surface area contributed by atoms with Crippen LogP contribution in [0.4, 0.5) is 35.0 Å². The number of nitrogens with zero attached hydrogens (tertiary/aromatic N) is 2. The lowest BCUT2D eigenvalue weighted by molar-refractivity contribution is -0.137. The van der Waals surface area contributed by atoms with Gasteiger partial charge < -0.3 is 30.2 Å². The molecule has 0 aliphatic heterocycles. The van der Waals surface area contributed by atoms with Gasteiger partial charge >= 0.3 is 12.2 Å². The van der Waals surface area contributed by atoms with E-state index < -0.39 is 23.7 Å². The number of nitrogens with one attached hydrogen (secondary N) is 3. The third-order valence-electron chi connectivity index (χ3n) is 5.58. The van der Waals surface area contributed by atoms with Crippen LogP contribution in [0.2, 0.25) is 0 Å². The number of rotatable bonds is 8. The van der Waals surface area contributed by atoms with Crippen molar-refractivity contribution in [3.05, 3.63) is 84.2 Å². The first kappa shape index (κ1) is 27.8. The highest BCUT2D eigenvalue weighted by Crippen LogP contribution is 2.40. The molecule has 13 heteroatoms. The Balaban J connectivity index is 1.45. The number of anilines is 3. The summed E-state index contributed by atoms with van der Waals surface area (Å²) in [6.45, 7) is 0. The Labute approximate surface area is 226 Å². The second kappa shape index (κ2) is 11.7. The lowest BCUT2D eigenvalue weighted by Crippen LogP contribution is -2.19. The molecule has 3 N–H and O–H groups in total. The van der Waals surface area contributed by atoms with Crippen LogP contribution < -0.4 is 30.2 Å². The van der Waals surface area contributed by atoms with Crippen molar-refractivity contribution in [3.8, 4) is 22.9 Å². The van der Waals surface area contributed by atoms with Crippen molar-refractivity contribution in [1.29, 1.82) is 0 Å². The molecule has 0 unspecified atom stereocenters. The summed E-state index contributed by atoms with van der Waals surface area (Å²) in [5, 5.41) is 11.8. The first-order valence-corrected chi connectivity index (χ1v) is 11.6. The van der Waals surface area contributed by atoms with Crippen molar-refractivity contribution >= 4 is 29.0 Å². The van der Waals surface area contributed by atoms with Crippen molar-refractivity contribution < 1.29 is 37.0 Å². The third-order valence-corrected chi connectivity index (χ3v) is 5.58. The fourth-order valence-electron chi connectivity index (χ4n) is 3.74. The van der Waals surface area contributed by atoms with E-state index in [2.05, 4.69) is 21.0 Å². The Morgan fingerprint density at radius 1 is 0.800 bits per heavy atom. The molecule has 1 heterocycles. The van der Waals surface area contributed by atoms with Crippen LogP contribution in [-0.2, 0) is 6.18 Å². The third kappa shape index (κ3) is 6.43. The number of halogens is 3. The molecule has 208 valence electrons. The topological polar surface area (TPSA) is 116 Å². The van der Waals surface area contributed by atoms with Gasteiger partial charge in [-0.3, -0.25) is 4.79 Å². The summed E-state index contributed by atoms with van der Waals surface area (Å²) in [7, 11) is 4.41. The Bertz CT molecular complexity index is 1510. The number of methoxy groups -OCH3 is 3. The van der Waals surface area contributed by atoms with E-state index in [1.165, 1.54) is 50.5 Å². The van der Waals surface area contributed by atoms with Crippen LogP contribution in [0.15, 0.2) is 73.1 Å². The largest absolute Gasteiger partial charge is 0.493 e. The van der Waals surface area contributed by atoms with E-state index in [-0.39, 0.29) is 11.4 Å². The number of amides is 3. The zero-order chi connectivity index (χ0) is 28.9. The van der Waals surface area contributed by atoms with E-state index in [0.29, 0.717) is 34.2 Å². The zero-order valence-corrected chi connectivity index (χ0v) is 21.5. The number of alkyl halides is 3. The first-order valence-electron chi connectivity index (χ1n) is 11.6. The van der Waals surface area contributed by atoms with Gasteiger partial charge in [0.1, 0.15) is 0 Å². The Kier molecular flexibility index (Phi) is 8.12. The number of ether oxygens (including phenoxy) is 3. The van der Waals surface area contributed by atoms with E-state index in [1.807, 2.05) is 0 Å². The Morgan fingerprint density at radius 3 is 2.12 bits per heavy atom. The Hall–Kier alpha value is -5.20. The van der Waals surface area contributed by atoms with Crippen LogP contribution in [0.1, 0.15) is 15.9 Å². The van der Waals surface area contributed by atoms with Gasteiger partial charge in [-0.2, -0.15) is 18.3 Å². The molecule has 3 amide bonds. The number of hydrogen-bond acceptors (Lipinski definition) is 6. The van der Waals surface area contributed by atoms with Crippen molar-refractivity contribution in [2.75, 3.05) is 37.3 Å². The molecule has 0 spiro atoms. The molecule has 0 saturated heterocycles. The molecule has 0 radical (unpaired) electrons. The van der Waals surface area contributed by atoms with Gasteiger partial charge in [0, 0.05) is 29.1 Å². The Morgan fingerprint density at radius 2 is 1.48 bits per heavy atom. The van der Waals surface area contributed by atoms with E-state index in [0.717, 1.165) is 12.1 Å². The average molecular weight is 556 g/mol. The molecular formula is C27H24F3N5O5. The smallest absolute Gasteiger partial charge is 0.416 e. The van der Waals surface area contributed by atoms with Gasteiger partial charge in [-0.1, -0.05) is 12.1 Å². The number of carbonyl (C=O) groups is 2. The van der Waals surface area contributed by atoms with Gasteiger partial charge in [-0.15, -0.1) is 0 Å². The number of benzene rings is 3. The molecule has 4 aromatic rings. The molecule has 1 aromatic heterocycles. The van der Waals surface area contributed by atoms with E-state index in [4.69, 9.17) is 14.2 Å². The van der Waals surface area contributed by atoms with Gasteiger partial charge in [0.2, 0.25) is 5.75 Å². The number of aromatic nitrogens is 2. The fraction of sp³-hybridized carbons (Fsp3) is 0.148. The van der Waals surface area contributed by atoms with E-state index in [9.17, 15) is 22.8 Å². The molecule has 10 nitrogen and oxygen atoms in total. The van der Waals surface area contributed by atoms with Crippen LogP contribution in [0.5, 0.6) is 17.2 Å². The highest BCUT2D eigenvalue weighted by atomic mass is 19.4. The molecule has 0 saturated carbocycles. The minimum Gasteiger partial charge on any atom is -0.493 e. The molecule has 0 aliphatic carbocycles. The van der Waals surface area contributed by atoms with Gasteiger partial charge in [-0.25, -0.2) is 9.48 Å². The summed E-state index contributed by atoms with van der Waals surface area (Å²) < 4.78 is 56.1. The molecule has 3 aromatic carbocycles. The first-order chi connectivity index (χ1) is 19.1. The maximum atomic E-state index is 13.0. The summed E-state index contributed by atoms with van der Waals surface area (Å²) in [6.07, 6.45) is -1.69. The van der Waals surface area contributed by atoms with Crippen LogP contribution in [-0.4, -0.2) is 43.0 Å². The highest BCUT2D eigenvalue weighted by molar-refractivity contribution is 6.05. The van der Waals surface area contributed by atoms with Crippen molar-refractivity contribution in [3.63, 3.8) is 0 Å². The van der Waals surface area contributed by atoms with Gasteiger partial charge in [0.25, 0.3) is 5.91 Å². The van der Waals surface area contributed by atoms with Crippen LogP contribution in [0.3, 0.4) is 0 Å². The average Bonchev–Trinajstić information content (AvgIpc) is 3.40. The molecular weight excluding hydrogens is 531 g/mol. The lowest BCUT2D eigenvalue weighted by Gasteiger charge is -2.14. The van der Waals surface area contributed by atoms with Crippen LogP contribution >= 0.6 is 0 Å². The standard InChI is InChI=1S/C27H24F3N5O5/c1-38-22-12-19(13-23(39-2)24(22)40-3)32-25(36)16-6-4-9-21(10-16)35-15-20(14-31-35)34-26(37)33-18-8-5-7-17(11-18)27(28,29)30/h4-15H,1-3H3,(H,32,36)(H2,33,34,37). The summed E-state index contributed by atoms with van der Waals surface area (Å²) in [4.78, 5) is 25.3. The van der Waals surface area contributed by atoms with Crippen molar-refractivity contribution in [2.24, 2.45) is 0 Å². The monoisotopic (exact) mass is 555 g/mol. The molecule has 0 aliphatic rings. The van der Waals surface area contributed by atoms with Gasteiger partial charge in [0.05, 0.1) is 50.7 Å². The summed E-state index contributed by atoms with van der Waals surface area (Å²) in [5.41, 5.74) is 0.624. The van der Waals surface area contributed by atoms with E-state index in [1.54, 1.807) is 36.4 Å². The maximum Gasteiger partial charge on any atom is 0.416 e. The molecule has 0 bridgehead atoms. The maximum absolute atomic E-state index is 13.0. The number of hydrogen-bond donors (Lipinski definition) is 3. The molecule has 0 atom stereocenters. The number of carbonyl (C=O) groups excluding carboxylic acids is 2. The fourth-order valence-corrected chi connectivity index (χ4v) is 3.74. The molecule has 40 heavy (non-hydrogen) atoms. The summed E-state index contributed by atoms with van der Waals surface area (Å²) in [5.74, 6) is 0.720. The normalized spacial score (nSPS) is 10.9. The van der Waals surface area contributed by atoms with Crippen LogP contribution in [0.25, 0.3) is 5.69 Å². The lowest BCUT2D eigenvalue weighted by atomic mass is 10.1. The minimum absolute atomic E-state index is 0.0227. The number of urea groups is 1. The zero-order valence-electron chi connectivity index (χ0n) is 21.5. The van der Waals surface area contributed by atoms with Crippen molar-refractivity contribution in [1.82, 2.24) is 9.78 Å². The summed E-state index contributed by atoms with van der Waals surface area (Å²) >= 11 is 0. The van der Waals surface area contributed by atoms with Crippen molar-refractivity contribution in [2.45, 2.75) is 6.18 Å². The SMILES string of the molecule is COc1cc(NC(=O)c2cccc(-n3cc(NC(=O)Nc4cccc(C(F)(F)F)c4)cn3)c2)cc(OC)c1OC. The minimum atomic E-state index is -4.53. The predicted molar refractivity (Wildman–Crippen MR) is 142 cm³/mol. The molecule has 0 fully saturated rings. The second-order valence-electron chi connectivity index (χ2n) is 8.25. The van der Waals surface area contributed by atoms with Crippen LogP contribution in [0, 0.1) is 0 Å². The van der Waals surface area contributed by atoms with E-state index >= 15 is 0 Å².